The second kappa shape index (κ2) is 6.91. The van der Waals surface area contributed by atoms with Crippen molar-refractivity contribution in [3.8, 4) is 0 Å². The highest BCUT2D eigenvalue weighted by molar-refractivity contribution is 7.10. The van der Waals surface area contributed by atoms with Gasteiger partial charge in [-0.15, -0.1) is 11.3 Å². The fourth-order valence-corrected chi connectivity index (χ4v) is 5.14. The lowest BCUT2D eigenvalue weighted by Crippen LogP contribution is -2.45. The molecule has 0 bridgehead atoms. The lowest BCUT2D eigenvalue weighted by atomic mass is 9.71. The summed E-state index contributed by atoms with van der Waals surface area (Å²) in [4.78, 5) is 17.9. The summed E-state index contributed by atoms with van der Waals surface area (Å²) in [5.41, 5.74) is 1.68. The molecule has 1 atom stereocenters. The monoisotopic (exact) mass is 336 g/mol. The van der Waals surface area contributed by atoms with E-state index in [1.54, 1.807) is 14.0 Å². The average Bonchev–Trinajstić information content (AvgIpc) is 3.08. The Labute approximate surface area is 143 Å². The van der Waals surface area contributed by atoms with Gasteiger partial charge in [0.15, 0.2) is 0 Å². The third kappa shape index (κ3) is 3.47. The zero-order chi connectivity index (χ0) is 16.4. The van der Waals surface area contributed by atoms with Gasteiger partial charge in [0.2, 0.25) is 5.91 Å². The van der Waals surface area contributed by atoms with Crippen LogP contribution in [0.2, 0.25) is 0 Å². The van der Waals surface area contributed by atoms with Gasteiger partial charge in [-0.05, 0) is 55.3 Å². The molecule has 1 unspecified atom stereocenters. The maximum atomic E-state index is 11.8. The van der Waals surface area contributed by atoms with E-state index in [0.29, 0.717) is 5.92 Å². The summed E-state index contributed by atoms with van der Waals surface area (Å²) in [7, 11) is 1.78. The number of amides is 1. The van der Waals surface area contributed by atoms with Crippen LogP contribution in [0.5, 0.6) is 0 Å². The Balaban J connectivity index is 1.63. The SMILES string of the molecule is COCC1CN(C(C)=O)CC12CCN(Cc1sccc1C)CC2. The molecule has 1 aromatic heterocycles. The van der Waals surface area contributed by atoms with Crippen molar-refractivity contribution in [2.24, 2.45) is 11.3 Å². The molecule has 3 rings (SSSR count). The molecule has 3 heterocycles. The predicted octanol–water partition coefficient (Wildman–Crippen LogP) is 2.76. The fraction of sp³-hybridized carbons (Fsp3) is 0.722. The highest BCUT2D eigenvalue weighted by atomic mass is 32.1. The van der Waals surface area contributed by atoms with Crippen LogP contribution in [0.15, 0.2) is 11.4 Å². The van der Waals surface area contributed by atoms with E-state index in [2.05, 4.69) is 23.3 Å². The van der Waals surface area contributed by atoms with Gasteiger partial charge in [-0.3, -0.25) is 9.69 Å². The molecule has 2 aliphatic rings. The first-order chi connectivity index (χ1) is 11.0. The number of carbonyl (C=O) groups excluding carboxylic acids is 1. The number of aryl methyl sites for hydroxylation is 1. The van der Waals surface area contributed by atoms with Crippen LogP contribution < -0.4 is 0 Å². The number of piperidine rings is 1. The van der Waals surface area contributed by atoms with Crippen LogP contribution in [-0.2, 0) is 16.1 Å². The van der Waals surface area contributed by atoms with Crippen molar-refractivity contribution in [3.63, 3.8) is 0 Å². The molecular formula is C18H28N2O2S. The lowest BCUT2D eigenvalue weighted by molar-refractivity contribution is -0.128. The van der Waals surface area contributed by atoms with Crippen molar-refractivity contribution in [2.45, 2.75) is 33.2 Å². The molecule has 2 aliphatic heterocycles. The minimum atomic E-state index is 0.208. The van der Waals surface area contributed by atoms with Gasteiger partial charge >= 0.3 is 0 Å². The van der Waals surface area contributed by atoms with Crippen LogP contribution in [0.4, 0.5) is 0 Å². The number of hydrogen-bond acceptors (Lipinski definition) is 4. The lowest BCUT2D eigenvalue weighted by Gasteiger charge is -2.42. The van der Waals surface area contributed by atoms with Gasteiger partial charge in [-0.1, -0.05) is 0 Å². The number of carbonyl (C=O) groups is 1. The third-order valence-corrected chi connectivity index (χ3v) is 6.82. The minimum absolute atomic E-state index is 0.208. The van der Waals surface area contributed by atoms with E-state index in [1.807, 2.05) is 16.2 Å². The van der Waals surface area contributed by atoms with Gasteiger partial charge in [0.25, 0.3) is 0 Å². The Morgan fingerprint density at radius 3 is 2.74 bits per heavy atom. The first kappa shape index (κ1) is 16.9. The van der Waals surface area contributed by atoms with E-state index in [9.17, 15) is 4.79 Å². The number of thiophene rings is 1. The molecule has 4 nitrogen and oxygen atoms in total. The van der Waals surface area contributed by atoms with E-state index < -0.39 is 0 Å². The van der Waals surface area contributed by atoms with Crippen LogP contribution in [0.25, 0.3) is 0 Å². The second-order valence-electron chi connectivity index (χ2n) is 7.22. The first-order valence-corrected chi connectivity index (χ1v) is 9.42. The van der Waals surface area contributed by atoms with Crippen molar-refractivity contribution in [1.82, 2.24) is 9.80 Å². The molecule has 0 N–H and O–H groups in total. The van der Waals surface area contributed by atoms with Gasteiger partial charge in [0, 0.05) is 44.5 Å². The molecule has 1 amide bonds. The van der Waals surface area contributed by atoms with E-state index in [0.717, 1.165) is 39.3 Å². The number of nitrogens with zero attached hydrogens (tertiary/aromatic N) is 2. The maximum Gasteiger partial charge on any atom is 0.219 e. The molecule has 0 aromatic carbocycles. The zero-order valence-corrected chi connectivity index (χ0v) is 15.3. The molecule has 2 saturated heterocycles. The summed E-state index contributed by atoms with van der Waals surface area (Å²) in [6.07, 6.45) is 2.35. The van der Waals surface area contributed by atoms with Crippen LogP contribution in [0.1, 0.15) is 30.2 Å². The summed E-state index contributed by atoms with van der Waals surface area (Å²) in [5.74, 6) is 0.696. The maximum absolute atomic E-state index is 11.8. The summed E-state index contributed by atoms with van der Waals surface area (Å²) >= 11 is 1.87. The smallest absolute Gasteiger partial charge is 0.219 e. The molecule has 1 spiro atoms. The summed E-state index contributed by atoms with van der Waals surface area (Å²) < 4.78 is 5.46. The molecule has 2 fully saturated rings. The highest BCUT2D eigenvalue weighted by Gasteiger charge is 2.48. The minimum Gasteiger partial charge on any atom is -0.384 e. The first-order valence-electron chi connectivity index (χ1n) is 8.54. The van der Waals surface area contributed by atoms with Crippen LogP contribution in [0.3, 0.4) is 0 Å². The summed E-state index contributed by atoms with van der Waals surface area (Å²) in [5, 5.41) is 2.19. The Morgan fingerprint density at radius 1 is 1.43 bits per heavy atom. The largest absolute Gasteiger partial charge is 0.384 e. The second-order valence-corrected chi connectivity index (χ2v) is 8.22. The fourth-order valence-electron chi connectivity index (χ4n) is 4.20. The Bertz CT molecular complexity index is 549. The van der Waals surface area contributed by atoms with Gasteiger partial charge < -0.3 is 9.64 Å². The third-order valence-electron chi connectivity index (χ3n) is 5.81. The van der Waals surface area contributed by atoms with E-state index in [-0.39, 0.29) is 11.3 Å². The van der Waals surface area contributed by atoms with Crippen molar-refractivity contribution < 1.29 is 9.53 Å². The summed E-state index contributed by atoms with van der Waals surface area (Å²) in [6.45, 7) is 9.78. The Morgan fingerprint density at radius 2 is 2.17 bits per heavy atom. The molecule has 0 saturated carbocycles. The normalized spacial score (nSPS) is 24.5. The molecule has 1 aromatic rings. The van der Waals surface area contributed by atoms with Gasteiger partial charge in [-0.25, -0.2) is 0 Å². The van der Waals surface area contributed by atoms with E-state index in [1.165, 1.54) is 23.3 Å². The topological polar surface area (TPSA) is 32.8 Å². The van der Waals surface area contributed by atoms with Gasteiger partial charge in [-0.2, -0.15) is 0 Å². The van der Waals surface area contributed by atoms with Gasteiger partial charge in [0.05, 0.1) is 6.61 Å². The average molecular weight is 337 g/mol. The Hall–Kier alpha value is -0.910. The molecule has 0 aliphatic carbocycles. The molecule has 128 valence electrons. The van der Waals surface area contributed by atoms with Gasteiger partial charge in [0.1, 0.15) is 0 Å². The number of rotatable bonds is 4. The van der Waals surface area contributed by atoms with Crippen LogP contribution in [-0.4, -0.2) is 55.6 Å². The van der Waals surface area contributed by atoms with Crippen LogP contribution in [0, 0.1) is 18.3 Å². The molecule has 5 heteroatoms. The van der Waals surface area contributed by atoms with E-state index >= 15 is 0 Å². The molecule has 0 radical (unpaired) electrons. The quantitative estimate of drug-likeness (QED) is 0.847. The number of methoxy groups -OCH3 is 1. The molecule has 23 heavy (non-hydrogen) atoms. The highest BCUT2D eigenvalue weighted by Crippen LogP contribution is 2.45. The zero-order valence-electron chi connectivity index (χ0n) is 14.5. The van der Waals surface area contributed by atoms with Crippen LogP contribution >= 0.6 is 11.3 Å². The number of hydrogen-bond donors (Lipinski definition) is 0. The predicted molar refractivity (Wildman–Crippen MR) is 93.6 cm³/mol. The van der Waals surface area contributed by atoms with E-state index in [4.69, 9.17) is 4.74 Å². The Kier molecular flexibility index (Phi) is 5.09. The van der Waals surface area contributed by atoms with Crippen molar-refractivity contribution in [2.75, 3.05) is 39.9 Å². The number of ether oxygens (including phenoxy) is 1. The molecular weight excluding hydrogens is 308 g/mol. The van der Waals surface area contributed by atoms with Crippen molar-refractivity contribution in [1.29, 1.82) is 0 Å². The number of likely N-dealkylation sites (tertiary alicyclic amines) is 2. The van der Waals surface area contributed by atoms with Crippen molar-refractivity contribution >= 4 is 17.2 Å². The standard InChI is InChI=1S/C18H28N2O2S/c1-14-4-9-23-17(14)11-19-7-5-18(6-8-19)13-20(15(2)21)10-16(18)12-22-3/h4,9,16H,5-8,10-13H2,1-3H3. The summed E-state index contributed by atoms with van der Waals surface area (Å²) in [6, 6.07) is 2.21. The van der Waals surface area contributed by atoms with Crippen molar-refractivity contribution in [3.05, 3.63) is 21.9 Å².